The van der Waals surface area contributed by atoms with Gasteiger partial charge >= 0.3 is 0 Å². The fraction of sp³-hybridized carbons (Fsp3) is 0.233. The smallest absolute Gasteiger partial charge is 0.270 e. The van der Waals surface area contributed by atoms with Crippen LogP contribution in [-0.2, 0) is 12.3 Å². The Hall–Kier alpha value is -3.57. The van der Waals surface area contributed by atoms with Crippen molar-refractivity contribution >= 4 is 40.6 Å². The number of nitrogens with zero attached hydrogens (tertiary/aromatic N) is 6. The second kappa shape index (κ2) is 12.9. The Morgan fingerprint density at radius 3 is 2.54 bits per heavy atom. The van der Waals surface area contributed by atoms with Crippen LogP contribution in [0.25, 0.3) is 17.1 Å². The molecule has 1 aliphatic rings. The average molecular weight is 602 g/mol. The number of rotatable bonds is 9. The molecule has 0 unspecified atom stereocenters. The maximum atomic E-state index is 13.0. The molecule has 208 valence electrons. The number of carbonyl (C=O) groups excluding carboxylic acids is 1. The first-order chi connectivity index (χ1) is 20.1. The summed E-state index contributed by atoms with van der Waals surface area (Å²) in [5.41, 5.74) is 3.46. The number of hydrogen-bond donors (Lipinski definition) is 1. The van der Waals surface area contributed by atoms with Crippen LogP contribution in [0.4, 0.5) is 0 Å². The number of thioether (sulfide) groups is 1. The maximum absolute atomic E-state index is 13.0. The van der Waals surface area contributed by atoms with E-state index in [1.54, 1.807) is 12.4 Å². The molecule has 0 bridgehead atoms. The zero-order chi connectivity index (χ0) is 28.0. The maximum Gasteiger partial charge on any atom is 0.270 e. The van der Waals surface area contributed by atoms with Crippen LogP contribution in [0.1, 0.15) is 33.9 Å². The Morgan fingerprint density at radius 1 is 1.00 bits per heavy atom. The topological polar surface area (TPSA) is 88.8 Å². The van der Waals surface area contributed by atoms with Crippen molar-refractivity contribution in [2.24, 2.45) is 0 Å². The fourth-order valence-electron chi connectivity index (χ4n) is 4.85. The van der Waals surface area contributed by atoms with Crippen LogP contribution in [0, 0.1) is 0 Å². The summed E-state index contributed by atoms with van der Waals surface area (Å²) in [6, 6.07) is 22.1. The largest absolute Gasteiger partial charge is 0.348 e. The van der Waals surface area contributed by atoms with E-state index in [-0.39, 0.29) is 11.9 Å². The van der Waals surface area contributed by atoms with Crippen LogP contribution < -0.4 is 5.32 Å². The summed E-state index contributed by atoms with van der Waals surface area (Å²) in [6.45, 7) is 2.88. The van der Waals surface area contributed by atoms with Gasteiger partial charge in [0.2, 0.25) is 0 Å². The van der Waals surface area contributed by atoms with Gasteiger partial charge in [0.05, 0.1) is 16.5 Å². The second-order valence-electron chi connectivity index (χ2n) is 9.75. The molecule has 3 aromatic heterocycles. The van der Waals surface area contributed by atoms with E-state index in [0.29, 0.717) is 27.5 Å². The fourth-order valence-corrected chi connectivity index (χ4v) is 6.80. The number of likely N-dealkylation sites (tertiary alicyclic amines) is 1. The summed E-state index contributed by atoms with van der Waals surface area (Å²) in [5, 5.41) is 16.1. The number of nitrogens with one attached hydrogen (secondary N) is 1. The zero-order valence-corrected chi connectivity index (χ0v) is 24.6. The van der Waals surface area contributed by atoms with Gasteiger partial charge < -0.3 is 5.32 Å². The standard InChI is InChI=1S/C30H28ClN7OS2/c31-24-8-4-5-9-26(24)38-28(22-10-14-32-15-11-22)35-36-30(38)41-20-27-34-25(19-40-27)29(39)33-23-12-16-37(17-13-23)18-21-6-2-1-3-7-21/h1-11,14-15,19,23H,12-13,16-18,20H2,(H,33,39). The molecule has 2 aromatic carbocycles. The van der Waals surface area contributed by atoms with Crippen LogP contribution in [0.3, 0.4) is 0 Å². The van der Waals surface area contributed by atoms with Crippen LogP contribution >= 0.6 is 34.7 Å². The van der Waals surface area contributed by atoms with E-state index < -0.39 is 0 Å². The molecular formula is C30H28ClN7OS2. The molecule has 11 heteroatoms. The predicted molar refractivity (Wildman–Crippen MR) is 163 cm³/mol. The van der Waals surface area contributed by atoms with Crippen LogP contribution in [-0.4, -0.2) is 54.7 Å². The first-order valence-corrected chi connectivity index (χ1v) is 15.6. The van der Waals surface area contributed by atoms with Crippen LogP contribution in [0.2, 0.25) is 5.02 Å². The molecule has 0 atom stereocenters. The lowest BCUT2D eigenvalue weighted by atomic mass is 10.0. The van der Waals surface area contributed by atoms with E-state index in [4.69, 9.17) is 11.6 Å². The minimum absolute atomic E-state index is 0.113. The number of benzene rings is 2. The highest BCUT2D eigenvalue weighted by molar-refractivity contribution is 7.98. The molecule has 0 spiro atoms. The summed E-state index contributed by atoms with van der Waals surface area (Å²) >= 11 is 9.55. The van der Waals surface area contributed by atoms with E-state index in [0.717, 1.165) is 48.7 Å². The van der Waals surface area contributed by atoms with Crippen molar-refractivity contribution in [2.75, 3.05) is 13.1 Å². The van der Waals surface area contributed by atoms with Gasteiger partial charge in [-0.3, -0.25) is 19.2 Å². The molecule has 6 rings (SSSR count). The highest BCUT2D eigenvalue weighted by atomic mass is 35.5. The molecule has 5 aromatic rings. The lowest BCUT2D eigenvalue weighted by molar-refractivity contribution is 0.0904. The third-order valence-corrected chi connectivity index (χ3v) is 9.24. The Bertz CT molecular complexity index is 1600. The van der Waals surface area contributed by atoms with Crippen molar-refractivity contribution < 1.29 is 4.79 Å². The Balaban J connectivity index is 1.08. The van der Waals surface area contributed by atoms with Gasteiger partial charge in [0.15, 0.2) is 11.0 Å². The number of piperidine rings is 1. The monoisotopic (exact) mass is 601 g/mol. The molecule has 8 nitrogen and oxygen atoms in total. The summed E-state index contributed by atoms with van der Waals surface area (Å²) in [7, 11) is 0. The summed E-state index contributed by atoms with van der Waals surface area (Å²) in [6.07, 6.45) is 5.32. The van der Waals surface area contributed by atoms with Gasteiger partial charge in [0.1, 0.15) is 10.7 Å². The summed E-state index contributed by atoms with van der Waals surface area (Å²) < 4.78 is 1.95. The molecule has 1 N–H and O–H groups in total. The summed E-state index contributed by atoms with van der Waals surface area (Å²) in [5.74, 6) is 1.12. The van der Waals surface area contributed by atoms with Gasteiger partial charge in [0, 0.05) is 49.0 Å². The average Bonchev–Trinajstić information content (AvgIpc) is 3.66. The predicted octanol–water partition coefficient (Wildman–Crippen LogP) is 6.13. The van der Waals surface area contributed by atoms with Crippen molar-refractivity contribution in [2.45, 2.75) is 36.3 Å². The van der Waals surface area contributed by atoms with E-state index >= 15 is 0 Å². The summed E-state index contributed by atoms with van der Waals surface area (Å²) in [4.78, 5) is 24.2. The molecule has 41 heavy (non-hydrogen) atoms. The first-order valence-electron chi connectivity index (χ1n) is 13.4. The molecule has 0 aliphatic carbocycles. The Morgan fingerprint density at radius 2 is 1.76 bits per heavy atom. The normalized spacial score (nSPS) is 14.3. The minimum atomic E-state index is -0.113. The van der Waals surface area contributed by atoms with Gasteiger partial charge in [-0.2, -0.15) is 0 Å². The zero-order valence-electron chi connectivity index (χ0n) is 22.2. The number of carbonyl (C=O) groups is 1. The molecule has 4 heterocycles. The molecule has 1 saturated heterocycles. The molecule has 1 aliphatic heterocycles. The van der Waals surface area contributed by atoms with Crippen molar-refractivity contribution in [3.63, 3.8) is 0 Å². The second-order valence-corrected chi connectivity index (χ2v) is 12.0. The number of para-hydroxylation sites is 1. The Kier molecular flexibility index (Phi) is 8.71. The van der Waals surface area contributed by atoms with E-state index in [1.807, 2.05) is 52.4 Å². The number of hydrogen-bond acceptors (Lipinski definition) is 8. The first kappa shape index (κ1) is 27.6. The highest BCUT2D eigenvalue weighted by Crippen LogP contribution is 2.33. The SMILES string of the molecule is O=C(NC1CCN(Cc2ccccc2)CC1)c1csc(CSc2nnc(-c3ccncc3)n2-c2ccccc2Cl)n1. The van der Waals surface area contributed by atoms with Gasteiger partial charge in [0.25, 0.3) is 5.91 Å². The van der Waals surface area contributed by atoms with Crippen LogP contribution in [0.5, 0.6) is 0 Å². The highest BCUT2D eigenvalue weighted by Gasteiger charge is 2.23. The van der Waals surface area contributed by atoms with Crippen molar-refractivity contribution in [3.8, 4) is 17.1 Å². The van der Waals surface area contributed by atoms with E-state index in [9.17, 15) is 4.79 Å². The minimum Gasteiger partial charge on any atom is -0.348 e. The van der Waals surface area contributed by atoms with Crippen molar-refractivity contribution in [1.29, 1.82) is 0 Å². The third kappa shape index (κ3) is 6.68. The lowest BCUT2D eigenvalue weighted by Crippen LogP contribution is -2.44. The molecule has 0 saturated carbocycles. The third-order valence-electron chi connectivity index (χ3n) is 6.95. The van der Waals surface area contributed by atoms with Gasteiger partial charge in [-0.25, -0.2) is 4.98 Å². The number of amides is 1. The van der Waals surface area contributed by atoms with Crippen molar-refractivity contribution in [3.05, 3.63) is 106 Å². The van der Waals surface area contributed by atoms with E-state index in [2.05, 4.69) is 54.6 Å². The van der Waals surface area contributed by atoms with Crippen molar-refractivity contribution in [1.82, 2.24) is 34.9 Å². The molecule has 1 fully saturated rings. The number of halogens is 1. The Labute approximate surface area is 251 Å². The van der Waals surface area contributed by atoms with Crippen LogP contribution in [0.15, 0.2) is 89.7 Å². The van der Waals surface area contributed by atoms with Gasteiger partial charge in [-0.1, -0.05) is 65.8 Å². The molecule has 1 amide bonds. The number of aromatic nitrogens is 5. The lowest BCUT2D eigenvalue weighted by Gasteiger charge is -2.32. The number of pyridine rings is 1. The molecular weight excluding hydrogens is 574 g/mol. The van der Waals surface area contributed by atoms with E-state index in [1.165, 1.54) is 28.7 Å². The molecule has 0 radical (unpaired) electrons. The van der Waals surface area contributed by atoms with Gasteiger partial charge in [-0.05, 0) is 42.7 Å². The quantitative estimate of drug-likeness (QED) is 0.203. The number of thiazole rings is 1. The van der Waals surface area contributed by atoms with Gasteiger partial charge in [-0.15, -0.1) is 21.5 Å².